The zero-order chi connectivity index (χ0) is 28.9. The molecule has 0 saturated heterocycles. The molecule has 12 nitrogen and oxygen atoms in total. The lowest BCUT2D eigenvalue weighted by molar-refractivity contribution is -0.145. The number of carbonyl (C=O) groups excluding carboxylic acids is 1. The standard InChI is InChI=1S/C27H35N7O5S/c1-17-14-18(2)23(19(3)15-17)40(38,39)34-27(25(36)37,10-4-5-11-28-26-29-12-7-13-30-26)32-24(35)20-8-6-9-22-21(20)16-31-33-22/h6-9,12,14-16,26,28-30,34H,4-5,10-11,13H2,1-3H3,(H,31,33)(H,32,35)(H,36,37). The largest absolute Gasteiger partial charge is 0.478 e. The van der Waals surface area contributed by atoms with Gasteiger partial charge in [-0.3, -0.25) is 20.5 Å². The van der Waals surface area contributed by atoms with E-state index in [0.29, 0.717) is 48.0 Å². The minimum Gasteiger partial charge on any atom is -0.478 e. The molecule has 7 N–H and O–H groups in total. The van der Waals surface area contributed by atoms with Crippen molar-refractivity contribution >= 4 is 32.8 Å². The number of amides is 1. The van der Waals surface area contributed by atoms with Crippen LogP contribution in [-0.2, 0) is 14.8 Å². The predicted octanol–water partition coefficient (Wildman–Crippen LogP) is 1.73. The molecule has 2 unspecified atom stereocenters. The molecule has 2 aromatic carbocycles. The zero-order valence-electron chi connectivity index (χ0n) is 22.7. The lowest BCUT2D eigenvalue weighted by atomic mass is 10.0. The van der Waals surface area contributed by atoms with Crippen molar-refractivity contribution in [1.29, 1.82) is 0 Å². The van der Waals surface area contributed by atoms with E-state index < -0.39 is 27.6 Å². The number of aromatic amines is 1. The number of aryl methyl sites for hydroxylation is 3. The number of carbonyl (C=O) groups is 2. The van der Waals surface area contributed by atoms with Gasteiger partial charge in [-0.05, 0) is 76.0 Å². The minimum absolute atomic E-state index is 0.0147. The van der Waals surface area contributed by atoms with Crippen LogP contribution >= 0.6 is 0 Å². The molecule has 0 spiro atoms. The molecule has 2 heterocycles. The number of aliphatic carboxylic acids is 1. The molecule has 4 rings (SSSR count). The highest BCUT2D eigenvalue weighted by Gasteiger charge is 2.44. The highest BCUT2D eigenvalue weighted by molar-refractivity contribution is 7.89. The van der Waals surface area contributed by atoms with Crippen LogP contribution in [-0.4, -0.2) is 60.6 Å². The quantitative estimate of drug-likeness (QED) is 0.126. The maximum absolute atomic E-state index is 13.7. The van der Waals surface area contributed by atoms with Crippen molar-refractivity contribution in [2.45, 2.75) is 56.9 Å². The van der Waals surface area contributed by atoms with Gasteiger partial charge in [0.25, 0.3) is 5.91 Å². The summed E-state index contributed by atoms with van der Waals surface area (Å²) >= 11 is 0. The number of benzene rings is 2. The number of hydrogen-bond acceptors (Lipinski definition) is 8. The number of H-pyrrole nitrogens is 1. The molecule has 1 aliphatic heterocycles. The normalized spacial score (nSPS) is 16.8. The summed E-state index contributed by atoms with van der Waals surface area (Å²) in [5.41, 5.74) is 0.281. The number of hydrogen-bond donors (Lipinski definition) is 7. The van der Waals surface area contributed by atoms with Gasteiger partial charge in [-0.25, -0.2) is 13.2 Å². The number of aromatic nitrogens is 2. The van der Waals surface area contributed by atoms with E-state index in [0.717, 1.165) is 5.56 Å². The molecule has 0 saturated carbocycles. The molecule has 3 aromatic rings. The Bertz CT molecular complexity index is 1510. The summed E-state index contributed by atoms with van der Waals surface area (Å²) in [6.07, 6.45) is 5.74. The van der Waals surface area contributed by atoms with E-state index in [1.165, 1.54) is 12.3 Å². The van der Waals surface area contributed by atoms with Crippen molar-refractivity contribution in [2.24, 2.45) is 0 Å². The molecule has 2 atom stereocenters. The van der Waals surface area contributed by atoms with Crippen LogP contribution in [0.1, 0.15) is 46.3 Å². The Hall–Kier alpha value is -3.78. The average Bonchev–Trinajstić information content (AvgIpc) is 3.37. The summed E-state index contributed by atoms with van der Waals surface area (Å²) < 4.78 is 29.8. The topological polar surface area (TPSA) is 177 Å². The number of nitrogens with zero attached hydrogens (tertiary/aromatic N) is 1. The number of sulfonamides is 1. The number of carboxylic acid groups (broad SMARTS) is 1. The van der Waals surface area contributed by atoms with Crippen molar-refractivity contribution in [3.05, 3.63) is 71.1 Å². The van der Waals surface area contributed by atoms with Crippen molar-refractivity contribution in [2.75, 3.05) is 13.1 Å². The van der Waals surface area contributed by atoms with Crippen molar-refractivity contribution < 1.29 is 23.1 Å². The van der Waals surface area contributed by atoms with E-state index in [9.17, 15) is 23.1 Å². The van der Waals surface area contributed by atoms with Crippen LogP contribution in [0.2, 0.25) is 0 Å². The maximum Gasteiger partial charge on any atom is 0.345 e. The first-order valence-corrected chi connectivity index (χ1v) is 14.5. The fraction of sp³-hybridized carbons (Fsp3) is 0.370. The molecule has 0 aliphatic carbocycles. The number of rotatable bonds is 12. The van der Waals surface area contributed by atoms with E-state index in [-0.39, 0.29) is 23.2 Å². The first-order valence-electron chi connectivity index (χ1n) is 13.0. The smallest absolute Gasteiger partial charge is 0.345 e. The Balaban J connectivity index is 1.62. The number of nitrogens with one attached hydrogen (secondary N) is 6. The van der Waals surface area contributed by atoms with Crippen molar-refractivity contribution in [3.8, 4) is 0 Å². The first kappa shape index (κ1) is 29.2. The summed E-state index contributed by atoms with van der Waals surface area (Å²) in [7, 11) is -4.37. The van der Waals surface area contributed by atoms with Crippen LogP contribution in [0.5, 0.6) is 0 Å². The third-order valence-electron chi connectivity index (χ3n) is 6.75. The van der Waals surface area contributed by atoms with Gasteiger partial charge in [0.15, 0.2) is 0 Å². The Morgan fingerprint density at radius 2 is 1.90 bits per heavy atom. The Kier molecular flexibility index (Phi) is 8.88. The summed E-state index contributed by atoms with van der Waals surface area (Å²) in [6, 6.07) is 8.33. The number of unbranched alkanes of at least 4 members (excludes halogenated alkanes) is 1. The van der Waals surface area contributed by atoms with Crippen molar-refractivity contribution in [3.63, 3.8) is 0 Å². The predicted molar refractivity (Wildman–Crippen MR) is 151 cm³/mol. The minimum atomic E-state index is -4.37. The van der Waals surface area contributed by atoms with Gasteiger partial charge >= 0.3 is 5.97 Å². The SMILES string of the molecule is Cc1cc(C)c(S(=O)(=O)NC(CCCCNC2NC=CCN2)(NC(=O)c2cccc3[nH]ncc23)C(=O)O)c(C)c1. The summed E-state index contributed by atoms with van der Waals surface area (Å²) in [5.74, 6) is -2.25. The molecule has 1 amide bonds. The number of carboxylic acids is 1. The van der Waals surface area contributed by atoms with E-state index in [2.05, 4.69) is 36.2 Å². The van der Waals surface area contributed by atoms with Gasteiger partial charge in [0.2, 0.25) is 15.7 Å². The van der Waals surface area contributed by atoms with Crippen LogP contribution < -0.4 is 26.0 Å². The fourth-order valence-electron chi connectivity index (χ4n) is 5.00. The van der Waals surface area contributed by atoms with Gasteiger partial charge in [-0.2, -0.15) is 9.82 Å². The number of fused-ring (bicyclic) bond motifs is 1. The second-order valence-corrected chi connectivity index (χ2v) is 11.6. The summed E-state index contributed by atoms with van der Waals surface area (Å²) in [4.78, 5) is 26.3. The van der Waals surface area contributed by atoms with E-state index in [1.54, 1.807) is 38.1 Å². The zero-order valence-corrected chi connectivity index (χ0v) is 23.5. The fourth-order valence-corrected chi connectivity index (χ4v) is 6.77. The van der Waals surface area contributed by atoms with Crippen molar-refractivity contribution in [1.82, 2.24) is 36.2 Å². The molecule has 0 fully saturated rings. The molecule has 0 bridgehead atoms. The maximum atomic E-state index is 13.7. The monoisotopic (exact) mass is 569 g/mol. The average molecular weight is 570 g/mol. The lowest BCUT2D eigenvalue weighted by Crippen LogP contribution is -2.65. The molecule has 40 heavy (non-hydrogen) atoms. The van der Waals surface area contributed by atoms with Crippen LogP contribution in [0.3, 0.4) is 0 Å². The Morgan fingerprint density at radius 1 is 1.15 bits per heavy atom. The summed E-state index contributed by atoms with van der Waals surface area (Å²) in [6.45, 7) is 6.40. The molecule has 0 radical (unpaired) electrons. The van der Waals surface area contributed by atoms with Crippen LogP contribution in [0.15, 0.2) is 53.7 Å². The second kappa shape index (κ2) is 12.2. The van der Waals surface area contributed by atoms with Gasteiger partial charge in [0.1, 0.15) is 6.29 Å². The van der Waals surface area contributed by atoms with E-state index >= 15 is 0 Å². The molecule has 1 aliphatic rings. The Morgan fingerprint density at radius 3 is 2.58 bits per heavy atom. The summed E-state index contributed by atoms with van der Waals surface area (Å²) in [5, 5.41) is 29.8. The molecule has 1 aromatic heterocycles. The first-order chi connectivity index (χ1) is 19.0. The molecule has 214 valence electrons. The third kappa shape index (κ3) is 6.50. The van der Waals surface area contributed by atoms with Crippen LogP contribution in [0.4, 0.5) is 0 Å². The van der Waals surface area contributed by atoms with Gasteiger partial charge in [0.05, 0.1) is 22.2 Å². The lowest BCUT2D eigenvalue weighted by Gasteiger charge is -2.32. The van der Waals surface area contributed by atoms with Gasteiger partial charge in [-0.15, -0.1) is 0 Å². The van der Waals surface area contributed by atoms with Crippen LogP contribution in [0, 0.1) is 20.8 Å². The molecular formula is C27H35N7O5S. The van der Waals surface area contributed by atoms with E-state index in [4.69, 9.17) is 0 Å². The third-order valence-corrected chi connectivity index (χ3v) is 8.55. The van der Waals surface area contributed by atoms with Gasteiger partial charge in [0, 0.05) is 11.9 Å². The molecular weight excluding hydrogens is 534 g/mol. The van der Waals surface area contributed by atoms with Crippen LogP contribution in [0.25, 0.3) is 10.9 Å². The Labute approximate surface area is 233 Å². The van der Waals surface area contributed by atoms with Gasteiger partial charge in [-0.1, -0.05) is 29.8 Å². The highest BCUT2D eigenvalue weighted by Crippen LogP contribution is 2.25. The van der Waals surface area contributed by atoms with Gasteiger partial charge < -0.3 is 15.7 Å². The highest BCUT2D eigenvalue weighted by atomic mass is 32.2. The second-order valence-electron chi connectivity index (χ2n) is 9.96. The molecule has 13 heteroatoms. The van der Waals surface area contributed by atoms with E-state index in [1.807, 2.05) is 19.2 Å².